The lowest BCUT2D eigenvalue weighted by Gasteiger charge is -2.35. The summed E-state index contributed by atoms with van der Waals surface area (Å²) in [5, 5.41) is 6.87. The van der Waals surface area contributed by atoms with Crippen LogP contribution < -0.4 is 15.4 Å². The van der Waals surface area contributed by atoms with E-state index in [1.54, 1.807) is 18.2 Å². The minimum absolute atomic E-state index is 0. The molecule has 0 aromatic heterocycles. The maximum atomic E-state index is 13.8. The van der Waals surface area contributed by atoms with Crippen LogP contribution in [0, 0.1) is 5.82 Å². The summed E-state index contributed by atoms with van der Waals surface area (Å²) in [6.07, 6.45) is 2.85. The summed E-state index contributed by atoms with van der Waals surface area (Å²) < 4.78 is 19.6. The molecule has 0 radical (unpaired) electrons. The van der Waals surface area contributed by atoms with E-state index in [1.165, 1.54) is 6.07 Å². The van der Waals surface area contributed by atoms with Gasteiger partial charge in [0.15, 0.2) is 17.5 Å². The van der Waals surface area contributed by atoms with Gasteiger partial charge in [-0.2, -0.15) is 0 Å². The molecular formula is C21H36FIN4O. The fraction of sp³-hybridized carbons (Fsp3) is 0.667. The van der Waals surface area contributed by atoms with Crippen LogP contribution in [0.5, 0.6) is 5.75 Å². The molecule has 1 atom stereocenters. The number of halogens is 2. The number of para-hydroxylation sites is 1. The number of guanidine groups is 1. The topological polar surface area (TPSA) is 48.9 Å². The second-order valence-corrected chi connectivity index (χ2v) is 7.35. The highest BCUT2D eigenvalue weighted by molar-refractivity contribution is 14.0. The Hall–Kier alpha value is -1.09. The van der Waals surface area contributed by atoms with E-state index >= 15 is 0 Å². The zero-order valence-electron chi connectivity index (χ0n) is 17.6. The van der Waals surface area contributed by atoms with E-state index in [0.29, 0.717) is 24.4 Å². The van der Waals surface area contributed by atoms with Crippen LogP contribution in [0.15, 0.2) is 29.3 Å². The lowest BCUT2D eigenvalue weighted by molar-refractivity contribution is 0.167. The smallest absolute Gasteiger partial charge is 0.191 e. The highest BCUT2D eigenvalue weighted by Crippen LogP contribution is 2.18. The van der Waals surface area contributed by atoms with E-state index < -0.39 is 0 Å². The van der Waals surface area contributed by atoms with E-state index in [-0.39, 0.29) is 35.9 Å². The molecule has 1 heterocycles. The van der Waals surface area contributed by atoms with Crippen LogP contribution in [0.2, 0.25) is 0 Å². The molecule has 5 nitrogen and oxygen atoms in total. The van der Waals surface area contributed by atoms with Gasteiger partial charge in [-0.05, 0) is 52.2 Å². The van der Waals surface area contributed by atoms with Crippen molar-refractivity contribution in [3.8, 4) is 5.75 Å². The van der Waals surface area contributed by atoms with Crippen molar-refractivity contribution >= 4 is 29.9 Å². The van der Waals surface area contributed by atoms with Crippen molar-refractivity contribution in [1.82, 2.24) is 15.5 Å². The average Bonchev–Trinajstić information content (AvgIpc) is 2.67. The van der Waals surface area contributed by atoms with Gasteiger partial charge in [-0.1, -0.05) is 19.1 Å². The summed E-state index contributed by atoms with van der Waals surface area (Å²) in [4.78, 5) is 7.20. The monoisotopic (exact) mass is 506 g/mol. The van der Waals surface area contributed by atoms with Gasteiger partial charge in [-0.15, -0.1) is 24.0 Å². The second-order valence-electron chi connectivity index (χ2n) is 7.35. The molecule has 1 saturated heterocycles. The van der Waals surface area contributed by atoms with E-state index in [2.05, 4.69) is 36.3 Å². The number of likely N-dealkylation sites (tertiary alicyclic amines) is 1. The van der Waals surface area contributed by atoms with Crippen molar-refractivity contribution in [2.75, 3.05) is 26.2 Å². The predicted octanol–water partition coefficient (Wildman–Crippen LogP) is 4.03. The molecule has 1 fully saturated rings. The summed E-state index contributed by atoms with van der Waals surface area (Å²) in [5.41, 5.74) is 0. The van der Waals surface area contributed by atoms with Crippen LogP contribution in [-0.4, -0.2) is 55.2 Å². The average molecular weight is 506 g/mol. The van der Waals surface area contributed by atoms with Crippen LogP contribution in [-0.2, 0) is 0 Å². The molecule has 1 aromatic carbocycles. The molecule has 0 amide bonds. The first-order valence-electron chi connectivity index (χ1n) is 10.2. The van der Waals surface area contributed by atoms with Crippen molar-refractivity contribution in [3.63, 3.8) is 0 Å². The Morgan fingerprint density at radius 1 is 1.25 bits per heavy atom. The van der Waals surface area contributed by atoms with Gasteiger partial charge in [0.2, 0.25) is 0 Å². The number of piperidine rings is 1. The van der Waals surface area contributed by atoms with E-state index in [1.807, 2.05) is 6.92 Å². The molecule has 160 valence electrons. The van der Waals surface area contributed by atoms with E-state index in [9.17, 15) is 4.39 Å². The molecule has 28 heavy (non-hydrogen) atoms. The molecular weight excluding hydrogens is 470 g/mol. The molecule has 1 aromatic rings. The summed E-state index contributed by atoms with van der Waals surface area (Å²) >= 11 is 0. The van der Waals surface area contributed by atoms with E-state index in [4.69, 9.17) is 9.73 Å². The zero-order valence-corrected chi connectivity index (χ0v) is 19.9. The Kier molecular flexibility index (Phi) is 11.8. The maximum absolute atomic E-state index is 13.8. The quantitative estimate of drug-likeness (QED) is 0.318. The number of ether oxygens (including phenoxy) is 1. The van der Waals surface area contributed by atoms with Crippen LogP contribution in [0.3, 0.4) is 0 Å². The van der Waals surface area contributed by atoms with Crippen molar-refractivity contribution < 1.29 is 9.13 Å². The first-order valence-corrected chi connectivity index (χ1v) is 10.2. The van der Waals surface area contributed by atoms with Gasteiger partial charge in [0.25, 0.3) is 0 Å². The zero-order chi connectivity index (χ0) is 19.6. The van der Waals surface area contributed by atoms with Gasteiger partial charge in [-0.3, -0.25) is 0 Å². The summed E-state index contributed by atoms with van der Waals surface area (Å²) in [7, 11) is 0. The molecule has 1 unspecified atom stereocenters. The van der Waals surface area contributed by atoms with Gasteiger partial charge >= 0.3 is 0 Å². The third-order valence-corrected chi connectivity index (χ3v) is 4.98. The minimum atomic E-state index is -0.332. The number of nitrogens with one attached hydrogen (secondary N) is 2. The van der Waals surface area contributed by atoms with Crippen molar-refractivity contribution in [2.45, 2.75) is 65.1 Å². The Morgan fingerprint density at radius 2 is 1.93 bits per heavy atom. The first-order chi connectivity index (χ1) is 13.0. The van der Waals surface area contributed by atoms with Crippen LogP contribution in [0.4, 0.5) is 4.39 Å². The van der Waals surface area contributed by atoms with E-state index in [0.717, 1.165) is 44.9 Å². The SMILES string of the molecule is CCNC(=NCC(CC)Oc1ccccc1F)NC1CCN(C(C)C)CC1.I. The Balaban J connectivity index is 0.00000392. The number of rotatable bonds is 8. The molecule has 0 bridgehead atoms. The third kappa shape index (κ3) is 8.11. The molecule has 7 heteroatoms. The summed E-state index contributed by atoms with van der Waals surface area (Å²) in [6.45, 7) is 12.1. The van der Waals surface area contributed by atoms with Gasteiger partial charge < -0.3 is 20.3 Å². The molecule has 1 aliphatic heterocycles. The van der Waals surface area contributed by atoms with Crippen LogP contribution >= 0.6 is 24.0 Å². The lowest BCUT2D eigenvalue weighted by Crippen LogP contribution is -2.50. The van der Waals surface area contributed by atoms with Crippen molar-refractivity contribution in [1.29, 1.82) is 0 Å². The molecule has 0 spiro atoms. The van der Waals surface area contributed by atoms with Gasteiger partial charge in [0.1, 0.15) is 6.10 Å². The standard InChI is InChI=1S/C21H35FN4O.HI/c1-5-18(27-20-10-8-7-9-19(20)22)15-24-21(23-6-2)25-17-11-13-26(14-12-17)16(3)4;/h7-10,16-18H,5-6,11-15H2,1-4H3,(H2,23,24,25);1H. The second kappa shape index (κ2) is 13.2. The fourth-order valence-corrected chi connectivity index (χ4v) is 3.24. The largest absolute Gasteiger partial charge is 0.485 e. The number of aliphatic imine (C=N–C) groups is 1. The predicted molar refractivity (Wildman–Crippen MR) is 125 cm³/mol. The highest BCUT2D eigenvalue weighted by Gasteiger charge is 2.21. The molecule has 0 aliphatic carbocycles. The van der Waals surface area contributed by atoms with Crippen molar-refractivity contribution in [3.05, 3.63) is 30.1 Å². The van der Waals surface area contributed by atoms with Gasteiger partial charge in [0.05, 0.1) is 6.54 Å². The van der Waals surface area contributed by atoms with Crippen LogP contribution in [0.1, 0.15) is 47.0 Å². The number of hydrogen-bond donors (Lipinski definition) is 2. The Morgan fingerprint density at radius 3 is 2.50 bits per heavy atom. The van der Waals surface area contributed by atoms with Gasteiger partial charge in [-0.25, -0.2) is 9.38 Å². The number of benzene rings is 1. The first kappa shape index (κ1) is 24.9. The van der Waals surface area contributed by atoms with Gasteiger partial charge in [0, 0.05) is 31.7 Å². The third-order valence-electron chi connectivity index (χ3n) is 4.98. The molecule has 2 rings (SSSR count). The Labute approximate surface area is 186 Å². The molecule has 0 saturated carbocycles. The Bertz CT molecular complexity index is 592. The maximum Gasteiger partial charge on any atom is 0.191 e. The normalized spacial score (nSPS) is 17.1. The summed E-state index contributed by atoms with van der Waals surface area (Å²) in [5.74, 6) is 0.775. The fourth-order valence-electron chi connectivity index (χ4n) is 3.24. The minimum Gasteiger partial charge on any atom is -0.485 e. The number of hydrogen-bond acceptors (Lipinski definition) is 3. The molecule has 1 aliphatic rings. The summed E-state index contributed by atoms with van der Waals surface area (Å²) in [6, 6.07) is 7.57. The molecule has 2 N–H and O–H groups in total. The van der Waals surface area contributed by atoms with Crippen molar-refractivity contribution in [2.24, 2.45) is 4.99 Å². The number of nitrogens with zero attached hydrogens (tertiary/aromatic N) is 2. The highest BCUT2D eigenvalue weighted by atomic mass is 127. The van der Waals surface area contributed by atoms with Crippen LogP contribution in [0.25, 0.3) is 0 Å². The lowest BCUT2D eigenvalue weighted by atomic mass is 10.0.